The number of hydrogen-bond acceptors (Lipinski definition) is 2. The summed E-state index contributed by atoms with van der Waals surface area (Å²) in [6.07, 6.45) is 18.3. The molecule has 0 rings (SSSR count). The second-order valence-electron chi connectivity index (χ2n) is 5.87. The van der Waals surface area contributed by atoms with Crippen LogP contribution in [0, 0.1) is 0 Å². The zero-order chi connectivity index (χ0) is 15.8. The van der Waals surface area contributed by atoms with Crippen LogP contribution in [-0.4, -0.2) is 22.3 Å². The van der Waals surface area contributed by atoms with Crippen LogP contribution >= 0.6 is 0 Å². The van der Waals surface area contributed by atoms with Crippen molar-refractivity contribution in [2.75, 3.05) is 0 Å². The molecule has 2 N–H and O–H groups in total. The van der Waals surface area contributed by atoms with Gasteiger partial charge in [-0.3, -0.25) is 0 Å². The molecular formula is C18H35NaO3. The Labute approximate surface area is 160 Å². The van der Waals surface area contributed by atoms with Crippen LogP contribution in [0.15, 0.2) is 12.2 Å². The Bertz CT molecular complexity index is 273. The standard InChI is InChI=1S/C18H34O3.Na.H/c1-2-3-4-5-6-7-8-9-10-11-12-13-14-15-16-17(19)18(20)21;;/h9-10,17,19H,2-8,11-16H2,1H3,(H,20,21);;/q;+1;-1/b10-9-;;. The van der Waals surface area contributed by atoms with Crippen LogP contribution in [-0.2, 0) is 4.79 Å². The van der Waals surface area contributed by atoms with Crippen LogP contribution in [0.1, 0.15) is 91.8 Å². The van der Waals surface area contributed by atoms with E-state index in [2.05, 4.69) is 19.1 Å². The normalized spacial score (nSPS) is 12.3. The number of rotatable bonds is 15. The van der Waals surface area contributed by atoms with Gasteiger partial charge in [0.05, 0.1) is 0 Å². The maximum absolute atomic E-state index is 10.4. The number of unbranched alkanes of at least 4 members (excludes halogenated alkanes) is 10. The predicted molar refractivity (Wildman–Crippen MR) is 89.6 cm³/mol. The number of aliphatic hydroxyl groups excluding tert-OH is 1. The minimum atomic E-state index is -1.18. The van der Waals surface area contributed by atoms with E-state index in [9.17, 15) is 4.79 Å². The van der Waals surface area contributed by atoms with Crippen LogP contribution in [0.25, 0.3) is 0 Å². The van der Waals surface area contributed by atoms with Crippen molar-refractivity contribution in [3.05, 3.63) is 12.2 Å². The molecule has 0 aromatic carbocycles. The number of hydrogen-bond donors (Lipinski definition) is 2. The third kappa shape index (κ3) is 18.2. The fraction of sp³-hybridized carbons (Fsp3) is 0.833. The van der Waals surface area contributed by atoms with E-state index in [1.165, 1.54) is 44.9 Å². The van der Waals surface area contributed by atoms with Crippen molar-refractivity contribution in [2.24, 2.45) is 0 Å². The molecule has 126 valence electrons. The second-order valence-corrected chi connectivity index (χ2v) is 5.87. The maximum Gasteiger partial charge on any atom is 1.00 e. The van der Waals surface area contributed by atoms with E-state index < -0.39 is 12.1 Å². The Hall–Kier alpha value is 0.170. The average molecular weight is 322 g/mol. The Kier molecular flexibility index (Phi) is 21.3. The van der Waals surface area contributed by atoms with Crippen molar-refractivity contribution in [1.82, 2.24) is 0 Å². The summed E-state index contributed by atoms with van der Waals surface area (Å²) < 4.78 is 0. The van der Waals surface area contributed by atoms with Crippen LogP contribution in [0.2, 0.25) is 0 Å². The van der Waals surface area contributed by atoms with Crippen molar-refractivity contribution < 1.29 is 46.0 Å². The third-order valence-electron chi connectivity index (χ3n) is 3.77. The predicted octanol–water partition coefficient (Wildman–Crippen LogP) is 2.20. The quantitative estimate of drug-likeness (QED) is 0.276. The molecule has 0 saturated heterocycles. The SMILES string of the molecule is CCCCCCCC/C=C\CCCCCCC(O)C(=O)O.[H-].[Na+]. The van der Waals surface area contributed by atoms with Crippen LogP contribution in [0.4, 0.5) is 0 Å². The molecule has 0 fully saturated rings. The van der Waals surface area contributed by atoms with Gasteiger partial charge >= 0.3 is 35.5 Å². The topological polar surface area (TPSA) is 57.5 Å². The minimum absolute atomic E-state index is 0. The fourth-order valence-corrected chi connectivity index (χ4v) is 2.36. The largest absolute Gasteiger partial charge is 1.00 e. The molecule has 4 heteroatoms. The number of allylic oxidation sites excluding steroid dienone is 2. The van der Waals surface area contributed by atoms with E-state index >= 15 is 0 Å². The molecule has 0 heterocycles. The second kappa shape index (κ2) is 19.2. The Morgan fingerprint density at radius 3 is 1.86 bits per heavy atom. The van der Waals surface area contributed by atoms with Crippen molar-refractivity contribution in [1.29, 1.82) is 0 Å². The van der Waals surface area contributed by atoms with E-state index in [-0.39, 0.29) is 31.0 Å². The first-order valence-electron chi connectivity index (χ1n) is 8.74. The van der Waals surface area contributed by atoms with Crippen LogP contribution in [0.5, 0.6) is 0 Å². The summed E-state index contributed by atoms with van der Waals surface area (Å²) in [6, 6.07) is 0. The van der Waals surface area contributed by atoms with Crippen molar-refractivity contribution >= 4 is 5.97 Å². The Morgan fingerprint density at radius 1 is 0.909 bits per heavy atom. The molecule has 0 saturated carbocycles. The number of carbonyl (C=O) groups is 1. The van der Waals surface area contributed by atoms with Crippen molar-refractivity contribution in [3.8, 4) is 0 Å². The van der Waals surface area contributed by atoms with Crippen LogP contribution in [0.3, 0.4) is 0 Å². The molecule has 3 nitrogen and oxygen atoms in total. The van der Waals surface area contributed by atoms with Crippen molar-refractivity contribution in [3.63, 3.8) is 0 Å². The number of carboxylic acids is 1. The number of aliphatic carboxylic acids is 1. The maximum atomic E-state index is 10.4. The summed E-state index contributed by atoms with van der Waals surface area (Å²) in [5, 5.41) is 17.6. The summed E-state index contributed by atoms with van der Waals surface area (Å²) in [6.45, 7) is 2.25. The molecule has 0 bridgehead atoms. The van der Waals surface area contributed by atoms with E-state index in [0.29, 0.717) is 6.42 Å². The molecule has 22 heavy (non-hydrogen) atoms. The Balaban J connectivity index is -0.00000200. The van der Waals surface area contributed by atoms with Gasteiger partial charge in [0.1, 0.15) is 0 Å². The summed E-state index contributed by atoms with van der Waals surface area (Å²) in [5.41, 5.74) is 0. The molecule has 0 aromatic rings. The van der Waals surface area contributed by atoms with Gasteiger partial charge in [-0.1, -0.05) is 70.4 Å². The van der Waals surface area contributed by atoms with Gasteiger partial charge in [0.25, 0.3) is 0 Å². The van der Waals surface area contributed by atoms with E-state index in [1.54, 1.807) is 0 Å². The fourth-order valence-electron chi connectivity index (χ4n) is 2.36. The minimum Gasteiger partial charge on any atom is -1.00 e. The van der Waals surface area contributed by atoms with E-state index in [1.807, 2.05) is 0 Å². The molecule has 0 aliphatic heterocycles. The van der Waals surface area contributed by atoms with Gasteiger partial charge in [-0.05, 0) is 32.1 Å². The van der Waals surface area contributed by atoms with Gasteiger partial charge in [-0.15, -0.1) is 0 Å². The van der Waals surface area contributed by atoms with Gasteiger partial charge in [0, 0.05) is 0 Å². The smallest absolute Gasteiger partial charge is 1.00 e. The third-order valence-corrected chi connectivity index (χ3v) is 3.77. The molecule has 0 aromatic heterocycles. The Morgan fingerprint density at radius 2 is 1.36 bits per heavy atom. The van der Waals surface area contributed by atoms with Crippen LogP contribution < -0.4 is 29.6 Å². The monoisotopic (exact) mass is 322 g/mol. The van der Waals surface area contributed by atoms with E-state index in [4.69, 9.17) is 10.2 Å². The summed E-state index contributed by atoms with van der Waals surface area (Å²) in [5.74, 6) is -1.10. The molecule has 0 amide bonds. The summed E-state index contributed by atoms with van der Waals surface area (Å²) in [4.78, 5) is 10.4. The van der Waals surface area contributed by atoms with Gasteiger partial charge in [-0.25, -0.2) is 4.79 Å². The van der Waals surface area contributed by atoms with Gasteiger partial charge < -0.3 is 11.6 Å². The number of carboxylic acid groups (broad SMARTS) is 1. The first kappa shape index (κ1) is 24.4. The zero-order valence-electron chi connectivity index (χ0n) is 15.7. The molecule has 1 atom stereocenters. The van der Waals surface area contributed by atoms with Gasteiger partial charge in [-0.2, -0.15) is 0 Å². The molecule has 0 aliphatic carbocycles. The van der Waals surface area contributed by atoms with Gasteiger partial charge in [0.2, 0.25) is 0 Å². The molecule has 0 aliphatic rings. The molecule has 0 radical (unpaired) electrons. The molecular weight excluding hydrogens is 287 g/mol. The molecule has 1 unspecified atom stereocenters. The number of aliphatic hydroxyl groups is 1. The average Bonchev–Trinajstić information content (AvgIpc) is 2.47. The van der Waals surface area contributed by atoms with Crippen molar-refractivity contribution in [2.45, 2.75) is 96.5 Å². The zero-order valence-corrected chi connectivity index (χ0v) is 16.7. The molecule has 0 spiro atoms. The first-order chi connectivity index (χ1) is 10.2. The summed E-state index contributed by atoms with van der Waals surface area (Å²) in [7, 11) is 0. The summed E-state index contributed by atoms with van der Waals surface area (Å²) >= 11 is 0. The van der Waals surface area contributed by atoms with Gasteiger partial charge in [0.15, 0.2) is 6.10 Å². The van der Waals surface area contributed by atoms with E-state index in [0.717, 1.165) is 32.1 Å². The first-order valence-corrected chi connectivity index (χ1v) is 8.74.